The molecule has 1 fully saturated rings. The van der Waals surface area contributed by atoms with Gasteiger partial charge < -0.3 is 14.9 Å². The van der Waals surface area contributed by atoms with Gasteiger partial charge in [-0.15, -0.1) is 11.8 Å². The van der Waals surface area contributed by atoms with Gasteiger partial charge in [0.1, 0.15) is 11.9 Å². The summed E-state index contributed by atoms with van der Waals surface area (Å²) in [6.07, 6.45) is 5.15. The molecule has 0 bridgehead atoms. The molecule has 1 aliphatic heterocycles. The average molecular weight is 340 g/mol. The number of aliphatic hydroxyl groups excluding tert-OH is 2. The van der Waals surface area contributed by atoms with E-state index in [0.29, 0.717) is 12.8 Å². The minimum absolute atomic E-state index is 0.0162. The molecule has 3 heteroatoms. The van der Waals surface area contributed by atoms with Gasteiger partial charge in [0.05, 0.1) is 12.2 Å². The molecule has 0 amide bonds. The molecule has 3 nitrogen and oxygen atoms in total. The Labute approximate surface area is 150 Å². The van der Waals surface area contributed by atoms with Gasteiger partial charge in [-0.25, -0.2) is 0 Å². The molecule has 1 aromatic carbocycles. The summed E-state index contributed by atoms with van der Waals surface area (Å²) in [6, 6.07) is 6.31. The maximum absolute atomic E-state index is 10.5. The highest BCUT2D eigenvalue weighted by molar-refractivity contribution is 5.49. The third-order valence-electron chi connectivity index (χ3n) is 5.58. The largest absolute Gasteiger partial charge is 0.489 e. The SMILES string of the molecule is CC#CC[C@@H](C)[C@H](O)/C=C/[C@H]1[C@@H]2c3cccc(CC)c3O[C@@H]2C[C@@H]1O. The predicted molar refractivity (Wildman–Crippen MR) is 99.5 cm³/mol. The molecule has 2 aliphatic rings. The molecule has 134 valence electrons. The standard InChI is InChI=1S/C22H28O3/c1-4-6-8-14(3)18(23)12-11-16-19(24)13-20-21(16)17-10-7-9-15(5-2)22(17)25-20/h7,9-12,14,16,18-21,23-24H,5,8,13H2,1-3H3/b12-11+/t14-,16-,18-,19+,20-,21-/m1/s1. The molecule has 0 aromatic heterocycles. The molecule has 0 saturated heterocycles. The molecule has 0 unspecified atom stereocenters. The Morgan fingerprint density at radius 1 is 1.40 bits per heavy atom. The zero-order chi connectivity index (χ0) is 18.0. The Balaban J connectivity index is 1.79. The fourth-order valence-corrected chi connectivity index (χ4v) is 4.06. The average Bonchev–Trinajstić information content (AvgIpc) is 3.12. The van der Waals surface area contributed by atoms with Gasteiger partial charge in [0.2, 0.25) is 0 Å². The molecule has 0 radical (unpaired) electrons. The third kappa shape index (κ3) is 3.47. The van der Waals surface area contributed by atoms with Crippen LogP contribution in [0.4, 0.5) is 0 Å². The number of benzene rings is 1. The zero-order valence-corrected chi connectivity index (χ0v) is 15.3. The van der Waals surface area contributed by atoms with E-state index in [9.17, 15) is 10.2 Å². The lowest BCUT2D eigenvalue weighted by Gasteiger charge is -2.19. The third-order valence-corrected chi connectivity index (χ3v) is 5.58. The number of rotatable bonds is 5. The van der Waals surface area contributed by atoms with Gasteiger partial charge in [0.15, 0.2) is 0 Å². The summed E-state index contributed by atoms with van der Waals surface area (Å²) in [6.45, 7) is 5.94. The molecule has 2 N–H and O–H groups in total. The van der Waals surface area contributed by atoms with Crippen LogP contribution in [0, 0.1) is 23.7 Å². The zero-order valence-electron chi connectivity index (χ0n) is 15.3. The van der Waals surface area contributed by atoms with Crippen molar-refractivity contribution >= 4 is 0 Å². The normalized spacial score (nSPS) is 29.5. The van der Waals surface area contributed by atoms with Gasteiger partial charge in [0, 0.05) is 30.2 Å². The van der Waals surface area contributed by atoms with Crippen molar-refractivity contribution in [1.29, 1.82) is 0 Å². The molecule has 25 heavy (non-hydrogen) atoms. The highest BCUT2D eigenvalue weighted by atomic mass is 16.5. The lowest BCUT2D eigenvalue weighted by atomic mass is 9.86. The molecule has 6 atom stereocenters. The fourth-order valence-electron chi connectivity index (χ4n) is 4.06. The van der Waals surface area contributed by atoms with Gasteiger partial charge >= 0.3 is 0 Å². The van der Waals surface area contributed by atoms with Crippen molar-refractivity contribution in [3.8, 4) is 17.6 Å². The van der Waals surface area contributed by atoms with E-state index in [1.54, 1.807) is 0 Å². The first kappa shape index (κ1) is 18.0. The molecule has 0 spiro atoms. The topological polar surface area (TPSA) is 49.7 Å². The van der Waals surface area contributed by atoms with E-state index in [1.165, 1.54) is 11.1 Å². The summed E-state index contributed by atoms with van der Waals surface area (Å²) < 4.78 is 6.19. The second-order valence-electron chi connectivity index (χ2n) is 7.24. The van der Waals surface area contributed by atoms with E-state index in [-0.39, 0.29) is 23.9 Å². The summed E-state index contributed by atoms with van der Waals surface area (Å²) in [5.41, 5.74) is 2.44. The summed E-state index contributed by atoms with van der Waals surface area (Å²) >= 11 is 0. The second-order valence-corrected chi connectivity index (χ2v) is 7.24. The first-order chi connectivity index (χ1) is 12.1. The predicted octanol–water partition coefficient (Wildman–Crippen LogP) is 3.44. The van der Waals surface area contributed by atoms with Crippen molar-refractivity contribution in [3.05, 3.63) is 41.5 Å². The van der Waals surface area contributed by atoms with Crippen molar-refractivity contribution in [3.63, 3.8) is 0 Å². The van der Waals surface area contributed by atoms with Crippen LogP contribution in [0.15, 0.2) is 30.4 Å². The number of aryl methyl sites for hydroxylation is 1. The fraction of sp³-hybridized carbons (Fsp3) is 0.545. The Morgan fingerprint density at radius 3 is 2.92 bits per heavy atom. The van der Waals surface area contributed by atoms with Gasteiger partial charge in [-0.05, 0) is 24.8 Å². The van der Waals surface area contributed by atoms with Crippen LogP contribution in [0.5, 0.6) is 5.75 Å². The number of fused-ring (bicyclic) bond motifs is 3. The minimum atomic E-state index is -0.545. The van der Waals surface area contributed by atoms with Crippen molar-refractivity contribution in [1.82, 2.24) is 0 Å². The molecule has 1 aliphatic carbocycles. The van der Waals surface area contributed by atoms with E-state index in [2.05, 4.69) is 37.0 Å². The van der Waals surface area contributed by atoms with E-state index in [4.69, 9.17) is 4.74 Å². The highest BCUT2D eigenvalue weighted by Crippen LogP contribution is 2.51. The summed E-state index contributed by atoms with van der Waals surface area (Å²) in [5.74, 6) is 7.13. The van der Waals surface area contributed by atoms with Gasteiger partial charge in [-0.1, -0.05) is 44.2 Å². The second kappa shape index (κ2) is 7.64. The maximum atomic E-state index is 10.5. The van der Waals surface area contributed by atoms with Crippen LogP contribution in [0.2, 0.25) is 0 Å². The number of ether oxygens (including phenoxy) is 1. The van der Waals surface area contributed by atoms with E-state index >= 15 is 0 Å². The lowest BCUT2D eigenvalue weighted by Crippen LogP contribution is -2.19. The Morgan fingerprint density at radius 2 is 2.20 bits per heavy atom. The molecule has 1 saturated carbocycles. The van der Waals surface area contributed by atoms with Crippen molar-refractivity contribution < 1.29 is 14.9 Å². The molecular weight excluding hydrogens is 312 g/mol. The Hall–Kier alpha value is -1.76. The van der Waals surface area contributed by atoms with E-state index in [1.807, 2.05) is 26.0 Å². The first-order valence-corrected chi connectivity index (χ1v) is 9.29. The maximum Gasteiger partial charge on any atom is 0.126 e. The molecule has 1 heterocycles. The quantitative estimate of drug-likeness (QED) is 0.638. The molecular formula is C22H28O3. The number of para-hydroxylation sites is 1. The van der Waals surface area contributed by atoms with Crippen molar-refractivity contribution in [2.45, 2.75) is 64.3 Å². The van der Waals surface area contributed by atoms with Gasteiger partial charge in [-0.3, -0.25) is 0 Å². The van der Waals surface area contributed by atoms with Gasteiger partial charge in [0.25, 0.3) is 0 Å². The Kier molecular flexibility index (Phi) is 5.51. The van der Waals surface area contributed by atoms with Crippen molar-refractivity contribution in [2.24, 2.45) is 11.8 Å². The Bertz CT molecular complexity index is 697. The van der Waals surface area contributed by atoms with Crippen LogP contribution in [0.25, 0.3) is 0 Å². The minimum Gasteiger partial charge on any atom is -0.489 e. The summed E-state index contributed by atoms with van der Waals surface area (Å²) in [5, 5.41) is 20.8. The lowest BCUT2D eigenvalue weighted by molar-refractivity contribution is 0.134. The van der Waals surface area contributed by atoms with Crippen LogP contribution in [-0.4, -0.2) is 28.5 Å². The summed E-state index contributed by atoms with van der Waals surface area (Å²) in [7, 11) is 0. The van der Waals surface area contributed by atoms with Crippen molar-refractivity contribution in [2.75, 3.05) is 0 Å². The summed E-state index contributed by atoms with van der Waals surface area (Å²) in [4.78, 5) is 0. The van der Waals surface area contributed by atoms with Crippen LogP contribution < -0.4 is 4.74 Å². The molecule has 3 rings (SSSR count). The monoisotopic (exact) mass is 340 g/mol. The molecule has 1 aromatic rings. The van der Waals surface area contributed by atoms with Crippen LogP contribution in [-0.2, 0) is 6.42 Å². The van der Waals surface area contributed by atoms with Crippen LogP contribution >= 0.6 is 0 Å². The van der Waals surface area contributed by atoms with Crippen LogP contribution in [0.3, 0.4) is 0 Å². The number of aliphatic hydroxyl groups is 2. The van der Waals surface area contributed by atoms with Crippen LogP contribution in [0.1, 0.15) is 50.7 Å². The first-order valence-electron chi connectivity index (χ1n) is 9.29. The van der Waals surface area contributed by atoms with E-state index < -0.39 is 12.2 Å². The smallest absolute Gasteiger partial charge is 0.126 e. The van der Waals surface area contributed by atoms with E-state index in [0.717, 1.165) is 12.2 Å². The van der Waals surface area contributed by atoms with Gasteiger partial charge in [-0.2, -0.15) is 0 Å². The number of hydrogen-bond acceptors (Lipinski definition) is 3. The number of hydrogen-bond donors (Lipinski definition) is 2. The highest BCUT2D eigenvalue weighted by Gasteiger charge is 2.48.